The first-order valence-electron chi connectivity index (χ1n) is 9.65. The van der Waals surface area contributed by atoms with Crippen molar-refractivity contribution in [2.45, 2.75) is 6.54 Å². The Morgan fingerprint density at radius 2 is 1.68 bits per heavy atom. The molecule has 0 saturated carbocycles. The fourth-order valence-electron chi connectivity index (χ4n) is 3.41. The summed E-state index contributed by atoms with van der Waals surface area (Å²) in [5.41, 5.74) is 3.46. The second kappa shape index (κ2) is 9.30. The Balaban J connectivity index is 1.47. The summed E-state index contributed by atoms with van der Waals surface area (Å²) in [7, 11) is 5.93. The number of amides is 1. The summed E-state index contributed by atoms with van der Waals surface area (Å²) in [5.74, 6) is 0.160. The molecule has 1 amide bonds. The van der Waals surface area contributed by atoms with Gasteiger partial charge in [0.1, 0.15) is 0 Å². The first kappa shape index (κ1) is 20.5. The largest absolute Gasteiger partial charge is 0.378 e. The van der Waals surface area contributed by atoms with Gasteiger partial charge in [-0.1, -0.05) is 29.8 Å². The molecule has 1 aliphatic heterocycles. The molecule has 0 N–H and O–H groups in total. The van der Waals surface area contributed by atoms with E-state index in [1.807, 2.05) is 44.2 Å². The standard InChI is InChI=1S/C22H29ClN4O/c1-24(2)20-9-7-18(8-10-20)16-25(3)22(28)17-26-11-13-27(14-12-26)21-6-4-5-19(23)15-21/h4-10,15H,11-14,16-17H2,1-3H3. The van der Waals surface area contributed by atoms with Crippen LogP contribution in [0.15, 0.2) is 48.5 Å². The number of likely N-dealkylation sites (N-methyl/N-ethyl adjacent to an activating group) is 1. The van der Waals surface area contributed by atoms with Crippen LogP contribution in [-0.2, 0) is 11.3 Å². The number of carbonyl (C=O) groups is 1. The number of nitrogens with zero attached hydrogens (tertiary/aromatic N) is 4. The molecule has 2 aromatic rings. The fourth-order valence-corrected chi connectivity index (χ4v) is 3.60. The quantitative estimate of drug-likeness (QED) is 0.745. The molecule has 6 heteroatoms. The monoisotopic (exact) mass is 400 g/mol. The average Bonchev–Trinajstić information content (AvgIpc) is 2.69. The van der Waals surface area contributed by atoms with Crippen molar-refractivity contribution in [1.29, 1.82) is 0 Å². The lowest BCUT2D eigenvalue weighted by Crippen LogP contribution is -2.49. The van der Waals surface area contributed by atoms with Crippen molar-refractivity contribution in [3.63, 3.8) is 0 Å². The maximum atomic E-state index is 12.6. The molecule has 1 aliphatic rings. The molecule has 0 aromatic heterocycles. The Labute approximate surface area is 173 Å². The molecular weight excluding hydrogens is 372 g/mol. The van der Waals surface area contributed by atoms with Crippen molar-refractivity contribution in [2.24, 2.45) is 0 Å². The lowest BCUT2D eigenvalue weighted by Gasteiger charge is -2.36. The van der Waals surface area contributed by atoms with Crippen LogP contribution in [0.5, 0.6) is 0 Å². The normalized spacial score (nSPS) is 14.8. The number of benzene rings is 2. The summed E-state index contributed by atoms with van der Waals surface area (Å²) in [6.07, 6.45) is 0. The van der Waals surface area contributed by atoms with E-state index in [2.05, 4.69) is 45.0 Å². The van der Waals surface area contributed by atoms with Gasteiger partial charge in [-0.15, -0.1) is 0 Å². The zero-order chi connectivity index (χ0) is 20.1. The maximum absolute atomic E-state index is 12.6. The van der Waals surface area contributed by atoms with Gasteiger partial charge in [-0.05, 0) is 35.9 Å². The molecule has 2 aromatic carbocycles. The molecule has 0 aliphatic carbocycles. The first-order chi connectivity index (χ1) is 13.4. The minimum Gasteiger partial charge on any atom is -0.378 e. The molecule has 0 unspecified atom stereocenters. The molecule has 0 atom stereocenters. The highest BCUT2D eigenvalue weighted by atomic mass is 35.5. The molecule has 0 bridgehead atoms. The van der Waals surface area contributed by atoms with Gasteiger partial charge in [0.2, 0.25) is 5.91 Å². The number of rotatable bonds is 6. The lowest BCUT2D eigenvalue weighted by molar-refractivity contribution is -0.131. The summed E-state index contributed by atoms with van der Waals surface area (Å²) >= 11 is 6.10. The SMILES string of the molecule is CN(Cc1ccc(N(C)C)cc1)C(=O)CN1CCN(c2cccc(Cl)c2)CC1. The predicted octanol–water partition coefficient (Wildman–Crippen LogP) is 3.19. The van der Waals surface area contributed by atoms with Gasteiger partial charge in [0.25, 0.3) is 0 Å². The highest BCUT2D eigenvalue weighted by Gasteiger charge is 2.21. The Morgan fingerprint density at radius 1 is 1.00 bits per heavy atom. The summed E-state index contributed by atoms with van der Waals surface area (Å²) < 4.78 is 0. The van der Waals surface area contributed by atoms with E-state index in [-0.39, 0.29) is 5.91 Å². The number of anilines is 2. The van der Waals surface area contributed by atoms with Crippen LogP contribution in [0, 0.1) is 0 Å². The summed E-state index contributed by atoms with van der Waals surface area (Å²) in [5, 5.41) is 0.760. The van der Waals surface area contributed by atoms with Crippen molar-refractivity contribution in [1.82, 2.24) is 9.80 Å². The molecule has 3 rings (SSSR count). The lowest BCUT2D eigenvalue weighted by atomic mass is 10.2. The number of halogens is 1. The maximum Gasteiger partial charge on any atom is 0.236 e. The highest BCUT2D eigenvalue weighted by Crippen LogP contribution is 2.21. The van der Waals surface area contributed by atoms with Gasteiger partial charge in [-0.3, -0.25) is 9.69 Å². The topological polar surface area (TPSA) is 30.0 Å². The van der Waals surface area contributed by atoms with Crippen molar-refractivity contribution in [3.8, 4) is 0 Å². The van der Waals surface area contributed by atoms with Crippen LogP contribution in [0.1, 0.15) is 5.56 Å². The number of piperazine rings is 1. The summed E-state index contributed by atoms with van der Waals surface area (Å²) in [4.78, 5) is 21.1. The van der Waals surface area contributed by atoms with Crippen molar-refractivity contribution >= 4 is 28.9 Å². The van der Waals surface area contributed by atoms with E-state index in [0.29, 0.717) is 13.1 Å². The highest BCUT2D eigenvalue weighted by molar-refractivity contribution is 6.30. The molecular formula is C22H29ClN4O. The third kappa shape index (κ3) is 5.40. The smallest absolute Gasteiger partial charge is 0.236 e. The molecule has 150 valence electrons. The Morgan fingerprint density at radius 3 is 2.29 bits per heavy atom. The summed E-state index contributed by atoms with van der Waals surface area (Å²) in [6.45, 7) is 4.67. The van der Waals surface area contributed by atoms with Gasteiger partial charge in [-0.2, -0.15) is 0 Å². The molecule has 1 saturated heterocycles. The number of hydrogen-bond donors (Lipinski definition) is 0. The first-order valence-corrected chi connectivity index (χ1v) is 10.0. The van der Waals surface area contributed by atoms with E-state index >= 15 is 0 Å². The van der Waals surface area contributed by atoms with Crippen LogP contribution < -0.4 is 9.80 Å². The average molecular weight is 401 g/mol. The van der Waals surface area contributed by atoms with E-state index in [1.165, 1.54) is 0 Å². The van der Waals surface area contributed by atoms with E-state index < -0.39 is 0 Å². The molecule has 5 nitrogen and oxygen atoms in total. The van der Waals surface area contributed by atoms with E-state index in [9.17, 15) is 4.79 Å². The van der Waals surface area contributed by atoms with Crippen LogP contribution in [0.4, 0.5) is 11.4 Å². The zero-order valence-corrected chi connectivity index (χ0v) is 17.7. The number of hydrogen-bond acceptors (Lipinski definition) is 4. The van der Waals surface area contributed by atoms with Gasteiger partial charge < -0.3 is 14.7 Å². The van der Waals surface area contributed by atoms with Crippen LogP contribution in [-0.4, -0.2) is 69.6 Å². The molecule has 0 radical (unpaired) electrons. The minimum atomic E-state index is 0.160. The van der Waals surface area contributed by atoms with Gasteiger partial charge >= 0.3 is 0 Å². The van der Waals surface area contributed by atoms with E-state index in [4.69, 9.17) is 11.6 Å². The molecule has 0 spiro atoms. The molecule has 28 heavy (non-hydrogen) atoms. The van der Waals surface area contributed by atoms with Crippen LogP contribution in [0.2, 0.25) is 5.02 Å². The third-order valence-corrected chi connectivity index (χ3v) is 5.44. The molecule has 1 heterocycles. The van der Waals surface area contributed by atoms with Gasteiger partial charge in [0, 0.05) is 70.3 Å². The minimum absolute atomic E-state index is 0.160. The Kier molecular flexibility index (Phi) is 6.81. The van der Waals surface area contributed by atoms with Crippen molar-refractivity contribution in [3.05, 3.63) is 59.1 Å². The third-order valence-electron chi connectivity index (χ3n) is 5.20. The van der Waals surface area contributed by atoms with Crippen molar-refractivity contribution in [2.75, 3.05) is 63.7 Å². The molecule has 1 fully saturated rings. The fraction of sp³-hybridized carbons (Fsp3) is 0.409. The zero-order valence-electron chi connectivity index (χ0n) is 16.9. The number of carbonyl (C=O) groups excluding carboxylic acids is 1. The van der Waals surface area contributed by atoms with Gasteiger partial charge in [0.15, 0.2) is 0 Å². The van der Waals surface area contributed by atoms with Crippen LogP contribution in [0.3, 0.4) is 0 Å². The Hall–Kier alpha value is -2.24. The summed E-state index contributed by atoms with van der Waals surface area (Å²) in [6, 6.07) is 16.3. The predicted molar refractivity (Wildman–Crippen MR) is 117 cm³/mol. The van der Waals surface area contributed by atoms with E-state index in [1.54, 1.807) is 0 Å². The van der Waals surface area contributed by atoms with Gasteiger partial charge in [0.05, 0.1) is 6.54 Å². The Bertz CT molecular complexity index is 785. The van der Waals surface area contributed by atoms with Crippen LogP contribution in [0.25, 0.3) is 0 Å². The second-order valence-electron chi connectivity index (χ2n) is 7.55. The van der Waals surface area contributed by atoms with E-state index in [0.717, 1.165) is 48.1 Å². The van der Waals surface area contributed by atoms with Crippen LogP contribution >= 0.6 is 11.6 Å². The van der Waals surface area contributed by atoms with Gasteiger partial charge in [-0.25, -0.2) is 0 Å². The second-order valence-corrected chi connectivity index (χ2v) is 7.99. The van der Waals surface area contributed by atoms with Crippen molar-refractivity contribution < 1.29 is 4.79 Å².